The van der Waals surface area contributed by atoms with E-state index in [0.29, 0.717) is 18.0 Å². The zero-order valence-corrected chi connectivity index (χ0v) is 16.7. The van der Waals surface area contributed by atoms with Crippen LogP contribution in [-0.2, 0) is 28.6 Å². The van der Waals surface area contributed by atoms with Gasteiger partial charge >= 0.3 is 11.9 Å². The van der Waals surface area contributed by atoms with E-state index in [1.807, 2.05) is 6.92 Å². The highest BCUT2D eigenvalue weighted by molar-refractivity contribution is 6.05. The van der Waals surface area contributed by atoms with E-state index in [1.54, 1.807) is 18.2 Å². The molecule has 158 valence electrons. The Bertz CT molecular complexity index is 818. The van der Waals surface area contributed by atoms with E-state index in [1.165, 1.54) is 26.0 Å². The van der Waals surface area contributed by atoms with Crippen LogP contribution in [0.4, 0.5) is 11.4 Å². The van der Waals surface area contributed by atoms with Gasteiger partial charge in [-0.05, 0) is 26.0 Å². The second-order valence-corrected chi connectivity index (χ2v) is 5.99. The van der Waals surface area contributed by atoms with Gasteiger partial charge in [0.15, 0.2) is 0 Å². The predicted molar refractivity (Wildman–Crippen MR) is 102 cm³/mol. The number of ether oxygens (including phenoxy) is 4. The Kier molecular flexibility index (Phi) is 7.57. The maximum atomic E-state index is 12.5. The Morgan fingerprint density at radius 1 is 1.24 bits per heavy atom. The maximum Gasteiger partial charge on any atom is 0.355 e. The molecule has 1 unspecified atom stereocenters. The van der Waals surface area contributed by atoms with Crippen molar-refractivity contribution in [1.82, 2.24) is 0 Å². The molecule has 0 saturated heterocycles. The van der Waals surface area contributed by atoms with Crippen molar-refractivity contribution in [2.24, 2.45) is 0 Å². The second kappa shape index (κ2) is 9.89. The zero-order valence-electron chi connectivity index (χ0n) is 16.7. The molecule has 2 rings (SSSR count). The molecule has 1 aromatic carbocycles. The Balaban J connectivity index is 2.63. The number of nitrogens with one attached hydrogen (secondary N) is 1. The Labute approximate surface area is 168 Å². The molecule has 1 heterocycles. The smallest absolute Gasteiger partial charge is 0.355 e. The SMILES string of the molecule is CCOc1ccc(NC(=O)C(C)O)c(N2COCC(C(=O)OC)=C2C(=O)OC)c1. The summed E-state index contributed by atoms with van der Waals surface area (Å²) in [6, 6.07) is 4.76. The van der Waals surface area contributed by atoms with Gasteiger partial charge in [0, 0.05) is 6.07 Å². The van der Waals surface area contributed by atoms with Gasteiger partial charge in [0.05, 0.1) is 44.4 Å². The lowest BCUT2D eigenvalue weighted by Gasteiger charge is -2.32. The molecule has 0 fully saturated rings. The molecule has 0 bridgehead atoms. The molecule has 0 radical (unpaired) electrons. The van der Waals surface area contributed by atoms with Crippen LogP contribution in [0.25, 0.3) is 0 Å². The van der Waals surface area contributed by atoms with Crippen molar-refractivity contribution < 1.29 is 38.4 Å². The molecule has 10 heteroatoms. The molecule has 1 atom stereocenters. The van der Waals surface area contributed by atoms with Crippen molar-refractivity contribution in [2.45, 2.75) is 20.0 Å². The highest BCUT2D eigenvalue weighted by Gasteiger charge is 2.34. The Hall–Kier alpha value is -3.11. The molecule has 0 saturated carbocycles. The van der Waals surface area contributed by atoms with Crippen LogP contribution in [0, 0.1) is 0 Å². The van der Waals surface area contributed by atoms with Gasteiger partial charge in [-0.1, -0.05) is 0 Å². The summed E-state index contributed by atoms with van der Waals surface area (Å²) in [5.41, 5.74) is 0.480. The van der Waals surface area contributed by atoms with Gasteiger partial charge < -0.3 is 34.3 Å². The van der Waals surface area contributed by atoms with Crippen LogP contribution < -0.4 is 15.0 Å². The highest BCUT2D eigenvalue weighted by atomic mass is 16.5. The summed E-state index contributed by atoms with van der Waals surface area (Å²) >= 11 is 0. The predicted octanol–water partition coefficient (Wildman–Crippen LogP) is 0.799. The minimum absolute atomic E-state index is 0.0276. The molecule has 1 aromatic rings. The first-order valence-electron chi connectivity index (χ1n) is 8.84. The van der Waals surface area contributed by atoms with E-state index in [2.05, 4.69) is 5.32 Å². The van der Waals surface area contributed by atoms with Gasteiger partial charge in [0.2, 0.25) is 0 Å². The fraction of sp³-hybridized carbons (Fsp3) is 0.421. The fourth-order valence-corrected chi connectivity index (χ4v) is 2.67. The number of aliphatic hydroxyl groups is 1. The normalized spacial score (nSPS) is 14.9. The first-order valence-corrected chi connectivity index (χ1v) is 8.84. The highest BCUT2D eigenvalue weighted by Crippen LogP contribution is 2.35. The Morgan fingerprint density at radius 3 is 2.52 bits per heavy atom. The summed E-state index contributed by atoms with van der Waals surface area (Å²) in [6.07, 6.45) is -1.26. The molecular weight excluding hydrogens is 384 g/mol. The van der Waals surface area contributed by atoms with Crippen LogP contribution in [0.5, 0.6) is 5.75 Å². The minimum atomic E-state index is -1.26. The average molecular weight is 408 g/mol. The quantitative estimate of drug-likeness (QED) is 0.631. The molecule has 2 N–H and O–H groups in total. The molecule has 10 nitrogen and oxygen atoms in total. The number of nitrogens with zero attached hydrogens (tertiary/aromatic N) is 1. The topological polar surface area (TPSA) is 124 Å². The lowest BCUT2D eigenvalue weighted by Crippen LogP contribution is -2.39. The maximum absolute atomic E-state index is 12.5. The number of rotatable bonds is 7. The Morgan fingerprint density at radius 2 is 1.93 bits per heavy atom. The fourth-order valence-electron chi connectivity index (χ4n) is 2.67. The lowest BCUT2D eigenvalue weighted by molar-refractivity contribution is -0.140. The number of carbonyl (C=O) groups excluding carboxylic acids is 3. The van der Waals surface area contributed by atoms with E-state index < -0.39 is 23.9 Å². The largest absolute Gasteiger partial charge is 0.494 e. The van der Waals surface area contributed by atoms with Crippen LogP contribution in [0.1, 0.15) is 13.8 Å². The van der Waals surface area contributed by atoms with E-state index in [-0.39, 0.29) is 30.3 Å². The van der Waals surface area contributed by atoms with E-state index in [0.717, 1.165) is 0 Å². The van der Waals surface area contributed by atoms with Crippen molar-refractivity contribution in [3.8, 4) is 5.75 Å². The molecule has 1 aliphatic rings. The van der Waals surface area contributed by atoms with E-state index in [4.69, 9.17) is 18.9 Å². The van der Waals surface area contributed by atoms with Crippen LogP contribution in [0.15, 0.2) is 29.5 Å². The van der Waals surface area contributed by atoms with Crippen molar-refractivity contribution in [3.63, 3.8) is 0 Å². The first kappa shape index (κ1) is 22.2. The number of benzene rings is 1. The molecule has 0 aliphatic carbocycles. The van der Waals surface area contributed by atoms with Crippen molar-refractivity contribution in [3.05, 3.63) is 29.5 Å². The van der Waals surface area contributed by atoms with Crippen LogP contribution in [-0.4, -0.2) is 63.2 Å². The molecule has 0 spiro atoms. The van der Waals surface area contributed by atoms with Gasteiger partial charge in [-0.2, -0.15) is 0 Å². The average Bonchev–Trinajstić information content (AvgIpc) is 2.73. The third-order valence-corrected chi connectivity index (χ3v) is 4.04. The van der Waals surface area contributed by atoms with E-state index >= 15 is 0 Å². The molecular formula is C19H24N2O8. The molecule has 1 aliphatic heterocycles. The number of methoxy groups -OCH3 is 2. The third kappa shape index (κ3) is 5.04. The van der Waals surface area contributed by atoms with Gasteiger partial charge in [0.1, 0.15) is 24.3 Å². The van der Waals surface area contributed by atoms with Crippen molar-refractivity contribution in [1.29, 1.82) is 0 Å². The lowest BCUT2D eigenvalue weighted by atomic mass is 10.1. The number of anilines is 2. The second-order valence-electron chi connectivity index (χ2n) is 5.99. The first-order chi connectivity index (χ1) is 13.8. The summed E-state index contributed by atoms with van der Waals surface area (Å²) in [5.74, 6) is -1.70. The van der Waals surface area contributed by atoms with Gasteiger partial charge in [-0.3, -0.25) is 4.79 Å². The number of hydrogen-bond acceptors (Lipinski definition) is 9. The molecule has 29 heavy (non-hydrogen) atoms. The van der Waals surface area contributed by atoms with E-state index in [9.17, 15) is 19.5 Å². The number of carbonyl (C=O) groups is 3. The number of amides is 1. The van der Waals surface area contributed by atoms with Gasteiger partial charge in [0.25, 0.3) is 5.91 Å². The summed E-state index contributed by atoms with van der Waals surface area (Å²) in [6.45, 7) is 3.28. The van der Waals surface area contributed by atoms with Gasteiger partial charge in [-0.25, -0.2) is 9.59 Å². The van der Waals surface area contributed by atoms with Crippen LogP contribution in [0.2, 0.25) is 0 Å². The summed E-state index contributed by atoms with van der Waals surface area (Å²) in [4.78, 5) is 38.1. The number of hydrogen-bond donors (Lipinski definition) is 2. The molecule has 0 aromatic heterocycles. The monoisotopic (exact) mass is 408 g/mol. The van der Waals surface area contributed by atoms with Crippen molar-refractivity contribution >= 4 is 29.2 Å². The van der Waals surface area contributed by atoms with Gasteiger partial charge in [-0.15, -0.1) is 0 Å². The summed E-state index contributed by atoms with van der Waals surface area (Å²) in [7, 11) is 2.37. The number of esters is 2. The minimum Gasteiger partial charge on any atom is -0.494 e. The molecule has 1 amide bonds. The summed E-state index contributed by atoms with van der Waals surface area (Å²) < 4.78 is 20.6. The zero-order chi connectivity index (χ0) is 21.6. The standard InChI is InChI=1S/C19H24N2O8/c1-5-29-12-6-7-14(20-17(23)11(2)22)15(8-12)21-10-28-9-13(18(24)26-3)16(21)19(25)27-4/h6-8,11,22H,5,9-10H2,1-4H3,(H,20,23). The summed E-state index contributed by atoms with van der Waals surface area (Å²) in [5, 5.41) is 12.1. The third-order valence-electron chi connectivity index (χ3n) is 4.04. The van der Waals surface area contributed by atoms with Crippen LogP contribution in [0.3, 0.4) is 0 Å². The van der Waals surface area contributed by atoms with Crippen molar-refractivity contribution in [2.75, 3.05) is 44.4 Å². The van der Waals surface area contributed by atoms with Crippen LogP contribution >= 0.6 is 0 Å². The number of aliphatic hydroxyl groups excluding tert-OH is 1.